The van der Waals surface area contributed by atoms with E-state index in [1.165, 1.54) is 33.3 Å². The zero-order chi connectivity index (χ0) is 28.4. The van der Waals surface area contributed by atoms with Gasteiger partial charge in [-0.1, -0.05) is 12.1 Å². The van der Waals surface area contributed by atoms with Crippen molar-refractivity contribution in [3.05, 3.63) is 63.8 Å². The van der Waals surface area contributed by atoms with E-state index < -0.39 is 0 Å². The Balaban J connectivity index is 1.26. The van der Waals surface area contributed by atoms with Crippen molar-refractivity contribution in [3.8, 4) is 5.75 Å². The van der Waals surface area contributed by atoms with E-state index in [9.17, 15) is 14.4 Å². The molecule has 0 radical (unpaired) electrons. The molecule has 1 fully saturated rings. The van der Waals surface area contributed by atoms with Crippen LogP contribution in [0.2, 0.25) is 0 Å². The fourth-order valence-electron chi connectivity index (χ4n) is 6.27. The molecule has 2 N–H and O–H groups in total. The number of H-pyrrole nitrogens is 1. The Morgan fingerprint density at radius 3 is 2.70 bits per heavy atom. The van der Waals surface area contributed by atoms with Crippen LogP contribution in [-0.4, -0.2) is 66.2 Å². The summed E-state index contributed by atoms with van der Waals surface area (Å²) in [5, 5.41) is 3.49. The topological polar surface area (TPSA) is 94.7 Å². The number of fused-ring (bicyclic) bond motifs is 3. The number of hydrogen-bond acceptors (Lipinski definition) is 6. The third kappa shape index (κ3) is 5.56. The number of likely N-dealkylation sites (tertiary alicyclic amines) is 1. The second kappa shape index (κ2) is 11.6. The van der Waals surface area contributed by atoms with E-state index in [-0.39, 0.29) is 23.8 Å². The number of aldehydes is 1. The molecule has 1 spiro atoms. The molecule has 2 aliphatic heterocycles. The second-order valence-electron chi connectivity index (χ2n) is 11.8. The van der Waals surface area contributed by atoms with Crippen LogP contribution >= 0.6 is 0 Å². The predicted octanol–water partition coefficient (Wildman–Crippen LogP) is 4.40. The molecule has 212 valence electrons. The average molecular weight is 545 g/mol. The largest absolute Gasteiger partial charge is 0.492 e. The van der Waals surface area contributed by atoms with Crippen molar-refractivity contribution in [2.75, 3.05) is 26.7 Å². The van der Waals surface area contributed by atoms with Crippen LogP contribution in [0.3, 0.4) is 0 Å². The molecule has 3 heterocycles. The van der Waals surface area contributed by atoms with Crippen molar-refractivity contribution in [3.63, 3.8) is 0 Å². The second-order valence-corrected chi connectivity index (χ2v) is 11.8. The number of benzene rings is 2. The molecule has 1 unspecified atom stereocenters. The smallest absolute Gasteiger partial charge is 0.226 e. The molecule has 1 aromatic heterocycles. The fraction of sp³-hybridized carbons (Fsp3) is 0.469. The van der Waals surface area contributed by atoms with Gasteiger partial charge in [0.2, 0.25) is 12.3 Å². The lowest BCUT2D eigenvalue weighted by Gasteiger charge is -2.38. The molecular weight excluding hydrogens is 504 g/mol. The maximum atomic E-state index is 12.0. The number of ether oxygens (including phenoxy) is 1. The highest BCUT2D eigenvalue weighted by atomic mass is 16.5. The molecule has 2 aliphatic rings. The third-order valence-corrected chi connectivity index (χ3v) is 9.22. The summed E-state index contributed by atoms with van der Waals surface area (Å²) >= 11 is 0. The lowest BCUT2D eigenvalue weighted by atomic mass is 9.73. The van der Waals surface area contributed by atoms with Gasteiger partial charge in [0.05, 0.1) is 6.61 Å². The minimum Gasteiger partial charge on any atom is -0.492 e. The van der Waals surface area contributed by atoms with E-state index in [2.05, 4.69) is 65.1 Å². The maximum Gasteiger partial charge on any atom is 0.226 e. The Hall–Kier alpha value is -3.49. The summed E-state index contributed by atoms with van der Waals surface area (Å²) in [5.41, 5.74) is 7.91. The SMILES string of the molecule is Cc1[nH]c2cc(CN3CCC4(CC3)COc3cc(C=O)c(CN(C)C(C)CCC(=O)NC=O)cc34)ccc2c1C. The van der Waals surface area contributed by atoms with Crippen LogP contribution in [0.25, 0.3) is 10.9 Å². The quantitative estimate of drug-likeness (QED) is 0.368. The molecule has 2 aromatic carbocycles. The molecular formula is C32H40N4O4. The predicted molar refractivity (Wildman–Crippen MR) is 156 cm³/mol. The summed E-state index contributed by atoms with van der Waals surface area (Å²) < 4.78 is 6.18. The lowest BCUT2D eigenvalue weighted by molar-refractivity contribution is -0.125. The van der Waals surface area contributed by atoms with E-state index in [4.69, 9.17) is 4.74 Å². The van der Waals surface area contributed by atoms with E-state index in [1.807, 2.05) is 13.1 Å². The summed E-state index contributed by atoms with van der Waals surface area (Å²) in [6, 6.07) is 11.0. The molecule has 8 nitrogen and oxygen atoms in total. The Labute approximate surface area is 236 Å². The first-order valence-electron chi connectivity index (χ1n) is 14.2. The molecule has 1 saturated heterocycles. The number of carbonyl (C=O) groups is 3. The molecule has 40 heavy (non-hydrogen) atoms. The number of nitrogens with one attached hydrogen (secondary N) is 2. The van der Waals surface area contributed by atoms with Gasteiger partial charge in [-0.25, -0.2) is 0 Å². The van der Waals surface area contributed by atoms with E-state index in [1.54, 1.807) is 0 Å². The highest BCUT2D eigenvalue weighted by molar-refractivity contribution is 5.86. The van der Waals surface area contributed by atoms with Gasteiger partial charge in [-0.3, -0.25) is 29.5 Å². The van der Waals surface area contributed by atoms with Crippen LogP contribution in [-0.2, 0) is 28.1 Å². The van der Waals surface area contributed by atoms with Crippen molar-refractivity contribution in [2.45, 2.75) is 71.0 Å². The van der Waals surface area contributed by atoms with E-state index in [0.29, 0.717) is 31.5 Å². The normalized spacial score (nSPS) is 17.1. The zero-order valence-electron chi connectivity index (χ0n) is 24.0. The number of amides is 2. The van der Waals surface area contributed by atoms with Crippen molar-refractivity contribution in [1.29, 1.82) is 0 Å². The van der Waals surface area contributed by atoms with Crippen molar-refractivity contribution < 1.29 is 19.1 Å². The number of carbonyl (C=O) groups excluding carboxylic acids is 3. The highest BCUT2D eigenvalue weighted by Crippen LogP contribution is 2.46. The lowest BCUT2D eigenvalue weighted by Crippen LogP contribution is -2.43. The van der Waals surface area contributed by atoms with E-state index >= 15 is 0 Å². The van der Waals surface area contributed by atoms with Crippen LogP contribution in [0.1, 0.15) is 70.9 Å². The standard InChI is InChI=1S/C32H40N4O4/c1-21(5-8-31(39)33-20-38)35(4)17-25-14-28-30(15-26(25)18-37)40-19-32(28)9-11-36(12-10-32)16-24-6-7-27-22(2)23(3)34-29(27)13-24/h6-7,13-15,18,20-21,34H,5,8-12,16-17,19H2,1-4H3,(H,33,38,39). The van der Waals surface area contributed by atoms with Crippen molar-refractivity contribution in [1.82, 2.24) is 20.1 Å². The Kier molecular flexibility index (Phi) is 8.10. The first kappa shape index (κ1) is 28.1. The monoisotopic (exact) mass is 544 g/mol. The number of aryl methyl sites for hydroxylation is 2. The summed E-state index contributed by atoms with van der Waals surface area (Å²) in [5.74, 6) is 0.560. The first-order valence-corrected chi connectivity index (χ1v) is 14.2. The number of rotatable bonds is 10. The molecule has 0 saturated carbocycles. The van der Waals surface area contributed by atoms with Gasteiger partial charge < -0.3 is 9.72 Å². The van der Waals surface area contributed by atoms with Gasteiger partial charge in [-0.05, 0) is 95.1 Å². The van der Waals surface area contributed by atoms with E-state index in [0.717, 1.165) is 50.1 Å². The van der Waals surface area contributed by atoms with Gasteiger partial charge in [0.1, 0.15) is 5.75 Å². The van der Waals surface area contributed by atoms with Crippen molar-refractivity contribution in [2.24, 2.45) is 0 Å². The van der Waals surface area contributed by atoms with Crippen LogP contribution in [0, 0.1) is 13.8 Å². The molecule has 1 atom stereocenters. The van der Waals surface area contributed by atoms with Gasteiger partial charge >= 0.3 is 0 Å². The number of aromatic amines is 1. The Morgan fingerprint density at radius 2 is 1.98 bits per heavy atom. The minimum absolute atomic E-state index is 0.0310. The molecule has 8 heteroatoms. The number of hydrogen-bond donors (Lipinski definition) is 2. The Bertz CT molecular complexity index is 1420. The summed E-state index contributed by atoms with van der Waals surface area (Å²) in [6.07, 6.45) is 4.26. The Morgan fingerprint density at radius 1 is 1.20 bits per heavy atom. The van der Waals surface area contributed by atoms with Crippen molar-refractivity contribution >= 4 is 29.5 Å². The fourth-order valence-corrected chi connectivity index (χ4v) is 6.27. The molecule has 3 aromatic rings. The van der Waals surface area contributed by atoms with Crippen LogP contribution < -0.4 is 10.1 Å². The third-order valence-electron chi connectivity index (χ3n) is 9.22. The van der Waals surface area contributed by atoms with Gasteiger partial charge in [0, 0.05) is 58.7 Å². The maximum absolute atomic E-state index is 12.0. The van der Waals surface area contributed by atoms with Crippen LogP contribution in [0.4, 0.5) is 0 Å². The molecule has 0 bridgehead atoms. The summed E-state index contributed by atoms with van der Waals surface area (Å²) in [4.78, 5) is 42.4. The number of nitrogens with zero attached hydrogens (tertiary/aromatic N) is 2. The number of imide groups is 1. The van der Waals surface area contributed by atoms with Gasteiger partial charge in [0.25, 0.3) is 0 Å². The highest BCUT2D eigenvalue weighted by Gasteiger charge is 2.43. The summed E-state index contributed by atoms with van der Waals surface area (Å²) in [7, 11) is 2.00. The van der Waals surface area contributed by atoms with Gasteiger partial charge in [0.15, 0.2) is 6.29 Å². The molecule has 0 aliphatic carbocycles. The zero-order valence-corrected chi connectivity index (χ0v) is 24.0. The van der Waals surface area contributed by atoms with Crippen LogP contribution in [0.15, 0.2) is 30.3 Å². The molecule has 2 amide bonds. The number of piperidine rings is 1. The first-order chi connectivity index (χ1) is 19.2. The molecule has 5 rings (SSSR count). The van der Waals surface area contributed by atoms with Gasteiger partial charge in [-0.15, -0.1) is 0 Å². The summed E-state index contributed by atoms with van der Waals surface area (Å²) in [6.45, 7) is 10.5. The minimum atomic E-state index is -0.276. The number of aromatic nitrogens is 1. The van der Waals surface area contributed by atoms with Gasteiger partial charge in [-0.2, -0.15) is 0 Å². The van der Waals surface area contributed by atoms with Crippen LogP contribution in [0.5, 0.6) is 5.75 Å². The average Bonchev–Trinajstić information content (AvgIpc) is 3.43.